The first-order valence-electron chi connectivity index (χ1n) is 6.10. The van der Waals surface area contributed by atoms with Gasteiger partial charge in [0.25, 0.3) is 0 Å². The van der Waals surface area contributed by atoms with Gasteiger partial charge in [-0.25, -0.2) is 0 Å². The van der Waals surface area contributed by atoms with Crippen molar-refractivity contribution >= 4 is 11.7 Å². The van der Waals surface area contributed by atoms with Gasteiger partial charge in [0.05, 0.1) is 0 Å². The maximum atomic E-state index is 12.4. The molecule has 0 aliphatic heterocycles. The van der Waals surface area contributed by atoms with Crippen molar-refractivity contribution in [3.8, 4) is 0 Å². The normalized spacial score (nSPS) is 15.8. The van der Waals surface area contributed by atoms with Gasteiger partial charge >= 0.3 is 0 Å². The quantitative estimate of drug-likeness (QED) is 0.322. The smallest absolute Gasteiger partial charge is 0.236 e. The highest BCUT2D eigenvalue weighted by Crippen LogP contribution is 2.25. The van der Waals surface area contributed by atoms with Crippen LogP contribution in [-0.4, -0.2) is 34.9 Å². The molecule has 17 heavy (non-hydrogen) atoms. The van der Waals surface area contributed by atoms with Crippen LogP contribution in [0.4, 0.5) is 0 Å². The summed E-state index contributed by atoms with van der Waals surface area (Å²) >= 11 is 0. The molecule has 100 valence electrons. The molecule has 0 bridgehead atoms. The summed E-state index contributed by atoms with van der Waals surface area (Å²) < 4.78 is 0. The minimum absolute atomic E-state index is 0.0211. The van der Waals surface area contributed by atoms with Crippen LogP contribution in [0.5, 0.6) is 0 Å². The monoisotopic (exact) mass is 243 g/mol. The van der Waals surface area contributed by atoms with Crippen molar-refractivity contribution in [2.24, 2.45) is 22.2 Å². The molecule has 0 aromatic rings. The summed E-state index contributed by atoms with van der Waals surface area (Å²) in [7, 11) is 0. The number of amides is 1. The van der Waals surface area contributed by atoms with E-state index in [0.717, 1.165) is 0 Å². The maximum Gasteiger partial charge on any atom is 0.236 e. The van der Waals surface area contributed by atoms with E-state index in [4.69, 9.17) is 10.9 Å². The van der Waals surface area contributed by atoms with Crippen molar-refractivity contribution in [3.05, 3.63) is 0 Å². The van der Waals surface area contributed by atoms with Gasteiger partial charge in [0.2, 0.25) is 5.91 Å². The van der Waals surface area contributed by atoms with Crippen molar-refractivity contribution in [1.29, 1.82) is 0 Å². The second kappa shape index (κ2) is 6.47. The van der Waals surface area contributed by atoms with E-state index in [1.165, 1.54) is 0 Å². The summed E-state index contributed by atoms with van der Waals surface area (Å²) in [6.45, 7) is 10.9. The Labute approximate surface area is 104 Å². The highest BCUT2D eigenvalue weighted by molar-refractivity contribution is 6.06. The lowest BCUT2D eigenvalue weighted by atomic mass is 9.84. The van der Waals surface area contributed by atoms with E-state index in [9.17, 15) is 4.79 Å². The van der Waals surface area contributed by atoms with Crippen molar-refractivity contribution in [2.75, 3.05) is 13.1 Å². The Kier molecular flexibility index (Phi) is 5.99. The first-order chi connectivity index (χ1) is 7.83. The molecule has 0 aromatic heterocycles. The second-order valence-electron chi connectivity index (χ2n) is 4.91. The summed E-state index contributed by atoms with van der Waals surface area (Å²) in [5, 5.41) is 11.8. The number of nitrogens with zero attached hydrogens (tertiary/aromatic N) is 2. The summed E-state index contributed by atoms with van der Waals surface area (Å²) in [5.41, 5.74) is 4.72. The van der Waals surface area contributed by atoms with E-state index in [1.807, 2.05) is 13.8 Å². The molecular formula is C12H25N3O2. The van der Waals surface area contributed by atoms with Gasteiger partial charge in [-0.1, -0.05) is 25.9 Å². The zero-order valence-electron chi connectivity index (χ0n) is 11.5. The largest absolute Gasteiger partial charge is 0.409 e. The Morgan fingerprint density at radius 1 is 1.47 bits per heavy atom. The third-order valence-corrected chi connectivity index (χ3v) is 3.11. The van der Waals surface area contributed by atoms with E-state index < -0.39 is 5.41 Å². The first kappa shape index (κ1) is 15.7. The van der Waals surface area contributed by atoms with Crippen LogP contribution >= 0.6 is 0 Å². The molecule has 0 heterocycles. The maximum absolute atomic E-state index is 12.4. The lowest BCUT2D eigenvalue weighted by molar-refractivity contribution is -0.138. The molecule has 0 fully saturated rings. The Morgan fingerprint density at radius 2 is 2.00 bits per heavy atom. The summed E-state index contributed by atoms with van der Waals surface area (Å²) in [6.07, 6.45) is 0.510. The predicted octanol–water partition coefficient (Wildman–Crippen LogP) is 1.65. The fourth-order valence-electron chi connectivity index (χ4n) is 1.70. The van der Waals surface area contributed by atoms with Crippen LogP contribution in [0, 0.1) is 11.3 Å². The summed E-state index contributed by atoms with van der Waals surface area (Å²) in [4.78, 5) is 14.2. The topological polar surface area (TPSA) is 78.9 Å². The lowest BCUT2D eigenvalue weighted by Gasteiger charge is -2.33. The van der Waals surface area contributed by atoms with E-state index in [2.05, 4.69) is 19.0 Å². The molecule has 1 atom stereocenters. The standard InChI is InChI=1S/C12H25N3O2/c1-6-12(5,10(13)14-17)11(16)15(7-2)8-9(3)4/h9,17H,6-8H2,1-5H3,(H2,13,14). The molecule has 0 saturated heterocycles. The molecule has 1 amide bonds. The molecule has 0 spiro atoms. The zero-order chi connectivity index (χ0) is 13.6. The first-order valence-corrected chi connectivity index (χ1v) is 6.10. The van der Waals surface area contributed by atoms with E-state index in [0.29, 0.717) is 25.4 Å². The average Bonchev–Trinajstić information content (AvgIpc) is 2.32. The van der Waals surface area contributed by atoms with Crippen LogP contribution in [0.2, 0.25) is 0 Å². The van der Waals surface area contributed by atoms with Gasteiger partial charge in [-0.2, -0.15) is 0 Å². The van der Waals surface area contributed by atoms with Gasteiger partial charge in [0.15, 0.2) is 5.84 Å². The molecule has 5 heteroatoms. The van der Waals surface area contributed by atoms with E-state index in [1.54, 1.807) is 11.8 Å². The van der Waals surface area contributed by atoms with E-state index >= 15 is 0 Å². The Hall–Kier alpha value is -1.26. The van der Waals surface area contributed by atoms with Crippen LogP contribution < -0.4 is 5.73 Å². The number of amidine groups is 1. The Bertz CT molecular complexity index is 289. The van der Waals surface area contributed by atoms with Gasteiger partial charge in [-0.3, -0.25) is 4.79 Å². The van der Waals surface area contributed by atoms with Gasteiger partial charge < -0.3 is 15.8 Å². The van der Waals surface area contributed by atoms with Crippen LogP contribution in [0.1, 0.15) is 41.0 Å². The van der Waals surface area contributed by atoms with Crippen LogP contribution in [0.25, 0.3) is 0 Å². The highest BCUT2D eigenvalue weighted by Gasteiger charge is 2.39. The van der Waals surface area contributed by atoms with E-state index in [-0.39, 0.29) is 11.7 Å². The molecule has 0 aliphatic rings. The van der Waals surface area contributed by atoms with Crippen molar-refractivity contribution < 1.29 is 10.0 Å². The van der Waals surface area contributed by atoms with Gasteiger partial charge in [-0.05, 0) is 26.2 Å². The number of carbonyl (C=O) groups is 1. The molecule has 0 aromatic carbocycles. The van der Waals surface area contributed by atoms with Crippen LogP contribution in [-0.2, 0) is 4.79 Å². The van der Waals surface area contributed by atoms with Crippen LogP contribution in [0.15, 0.2) is 5.16 Å². The van der Waals surface area contributed by atoms with Gasteiger partial charge in [0, 0.05) is 13.1 Å². The molecule has 1 unspecified atom stereocenters. The van der Waals surface area contributed by atoms with Crippen molar-refractivity contribution in [3.63, 3.8) is 0 Å². The Morgan fingerprint density at radius 3 is 2.29 bits per heavy atom. The van der Waals surface area contributed by atoms with Crippen molar-refractivity contribution in [1.82, 2.24) is 4.90 Å². The Balaban J connectivity index is 5.08. The SMILES string of the molecule is CCN(CC(C)C)C(=O)C(C)(CC)C(N)=NO. The molecule has 3 N–H and O–H groups in total. The number of oxime groups is 1. The molecule has 0 saturated carbocycles. The van der Waals surface area contributed by atoms with Gasteiger partial charge in [-0.15, -0.1) is 0 Å². The van der Waals surface area contributed by atoms with Gasteiger partial charge in [0.1, 0.15) is 5.41 Å². The lowest BCUT2D eigenvalue weighted by Crippen LogP contribution is -2.50. The summed E-state index contributed by atoms with van der Waals surface area (Å²) in [6, 6.07) is 0. The second-order valence-corrected chi connectivity index (χ2v) is 4.91. The summed E-state index contributed by atoms with van der Waals surface area (Å²) in [5.74, 6) is 0.297. The van der Waals surface area contributed by atoms with Crippen LogP contribution in [0.3, 0.4) is 0 Å². The molecule has 0 rings (SSSR count). The number of rotatable bonds is 6. The molecular weight excluding hydrogens is 218 g/mol. The fourth-order valence-corrected chi connectivity index (χ4v) is 1.70. The third kappa shape index (κ3) is 3.61. The number of hydrogen-bond acceptors (Lipinski definition) is 3. The third-order valence-electron chi connectivity index (χ3n) is 3.11. The average molecular weight is 243 g/mol. The molecule has 0 radical (unpaired) electrons. The zero-order valence-corrected chi connectivity index (χ0v) is 11.5. The highest BCUT2D eigenvalue weighted by atomic mass is 16.4. The minimum atomic E-state index is -0.917. The fraction of sp³-hybridized carbons (Fsp3) is 0.833. The number of nitrogens with two attached hydrogens (primary N) is 1. The predicted molar refractivity (Wildman–Crippen MR) is 68.9 cm³/mol. The minimum Gasteiger partial charge on any atom is -0.409 e. The number of hydrogen-bond donors (Lipinski definition) is 2. The molecule has 0 aliphatic carbocycles. The molecule has 5 nitrogen and oxygen atoms in total. The number of carbonyl (C=O) groups excluding carboxylic acids is 1. The van der Waals surface area contributed by atoms with Crippen molar-refractivity contribution in [2.45, 2.75) is 41.0 Å².